The van der Waals surface area contributed by atoms with Crippen molar-refractivity contribution in [1.29, 1.82) is 0 Å². The smallest absolute Gasteiger partial charge is 0.293 e. The van der Waals surface area contributed by atoms with Crippen molar-refractivity contribution in [2.45, 2.75) is 52.6 Å². The van der Waals surface area contributed by atoms with Crippen LogP contribution in [0.15, 0.2) is 17.2 Å². The van der Waals surface area contributed by atoms with E-state index < -0.39 is 0 Å². The van der Waals surface area contributed by atoms with Gasteiger partial charge in [-0.1, -0.05) is 20.8 Å². The molecule has 0 radical (unpaired) electrons. The highest BCUT2D eigenvalue weighted by molar-refractivity contribution is 5.36. The molecule has 0 saturated carbocycles. The maximum absolute atomic E-state index is 12.6. The Morgan fingerprint density at radius 2 is 2.33 bits per heavy atom. The molecule has 1 atom stereocenters. The fraction of sp³-hybridized carbons (Fsp3) is 0.750. The number of aromatic nitrogens is 2. The van der Waals surface area contributed by atoms with Crippen molar-refractivity contribution >= 4 is 5.82 Å². The van der Waals surface area contributed by atoms with E-state index in [2.05, 4.69) is 36.0 Å². The summed E-state index contributed by atoms with van der Waals surface area (Å²) in [6.07, 6.45) is 6.91. The lowest BCUT2D eigenvalue weighted by Gasteiger charge is -2.28. The van der Waals surface area contributed by atoms with E-state index in [0.717, 1.165) is 32.6 Å². The van der Waals surface area contributed by atoms with Gasteiger partial charge < -0.3 is 14.8 Å². The molecule has 1 unspecified atom stereocenters. The van der Waals surface area contributed by atoms with Crippen LogP contribution in [0.1, 0.15) is 40.0 Å². The minimum Gasteiger partial charge on any atom is -0.350 e. The zero-order valence-electron chi connectivity index (χ0n) is 13.5. The van der Waals surface area contributed by atoms with Gasteiger partial charge in [-0.05, 0) is 31.7 Å². The molecular formula is C16H28N4O. The van der Waals surface area contributed by atoms with Gasteiger partial charge in [-0.3, -0.25) is 4.79 Å². The van der Waals surface area contributed by atoms with Crippen molar-refractivity contribution in [1.82, 2.24) is 14.9 Å². The van der Waals surface area contributed by atoms with Crippen molar-refractivity contribution in [2.24, 2.45) is 5.92 Å². The fourth-order valence-electron chi connectivity index (χ4n) is 2.94. The number of anilines is 1. The molecule has 5 nitrogen and oxygen atoms in total. The van der Waals surface area contributed by atoms with E-state index in [-0.39, 0.29) is 5.56 Å². The van der Waals surface area contributed by atoms with Crippen LogP contribution in [0.3, 0.4) is 0 Å². The van der Waals surface area contributed by atoms with Crippen molar-refractivity contribution in [2.75, 3.05) is 24.5 Å². The first-order valence-electron chi connectivity index (χ1n) is 8.15. The van der Waals surface area contributed by atoms with Crippen LogP contribution < -0.4 is 15.8 Å². The van der Waals surface area contributed by atoms with E-state index in [4.69, 9.17) is 0 Å². The summed E-state index contributed by atoms with van der Waals surface area (Å²) in [6, 6.07) is 0.477. The SMILES string of the molecule is CCCn1ccnc(N(CC(C)C)CC2CCCN2)c1=O. The summed E-state index contributed by atoms with van der Waals surface area (Å²) in [7, 11) is 0. The third-order valence-corrected chi connectivity index (χ3v) is 3.85. The molecule has 0 spiro atoms. The van der Waals surface area contributed by atoms with Gasteiger partial charge in [0, 0.05) is 38.1 Å². The summed E-state index contributed by atoms with van der Waals surface area (Å²) in [5, 5.41) is 3.51. The minimum atomic E-state index is 0.0398. The van der Waals surface area contributed by atoms with Gasteiger partial charge in [-0.2, -0.15) is 0 Å². The van der Waals surface area contributed by atoms with Gasteiger partial charge in [0.25, 0.3) is 5.56 Å². The zero-order chi connectivity index (χ0) is 15.2. The second kappa shape index (κ2) is 7.59. The Balaban J connectivity index is 2.22. The predicted molar refractivity (Wildman–Crippen MR) is 86.9 cm³/mol. The molecule has 1 fully saturated rings. The second-order valence-electron chi connectivity index (χ2n) is 6.34. The lowest BCUT2D eigenvalue weighted by molar-refractivity contribution is 0.532. The van der Waals surface area contributed by atoms with Crippen molar-refractivity contribution in [3.63, 3.8) is 0 Å². The van der Waals surface area contributed by atoms with E-state index in [1.165, 1.54) is 12.8 Å². The van der Waals surface area contributed by atoms with Crippen LogP contribution in [-0.2, 0) is 6.54 Å². The average molecular weight is 292 g/mol. The Morgan fingerprint density at radius 1 is 1.52 bits per heavy atom. The number of aryl methyl sites for hydroxylation is 1. The van der Waals surface area contributed by atoms with Crippen molar-refractivity contribution < 1.29 is 0 Å². The molecule has 5 heteroatoms. The van der Waals surface area contributed by atoms with Crippen LogP contribution >= 0.6 is 0 Å². The highest BCUT2D eigenvalue weighted by atomic mass is 16.1. The predicted octanol–water partition coefficient (Wildman–Crippen LogP) is 1.87. The molecule has 2 rings (SSSR count). The summed E-state index contributed by atoms with van der Waals surface area (Å²) in [6.45, 7) is 10.0. The summed E-state index contributed by atoms with van der Waals surface area (Å²) in [5.74, 6) is 1.11. The first kappa shape index (κ1) is 16.0. The molecule has 0 amide bonds. The van der Waals surface area contributed by atoms with E-state index >= 15 is 0 Å². The van der Waals surface area contributed by atoms with Gasteiger partial charge in [0.1, 0.15) is 0 Å². The molecule has 21 heavy (non-hydrogen) atoms. The molecule has 0 bridgehead atoms. The molecule has 118 valence electrons. The number of hydrogen-bond donors (Lipinski definition) is 1. The van der Waals surface area contributed by atoms with Crippen molar-refractivity contribution in [3.05, 3.63) is 22.7 Å². The standard InChI is InChI=1S/C16H28N4O/c1-4-9-19-10-8-18-15(16(19)21)20(11-13(2)3)12-14-6-5-7-17-14/h8,10,13-14,17H,4-7,9,11-12H2,1-3H3. The Labute approximate surface area is 127 Å². The summed E-state index contributed by atoms with van der Waals surface area (Å²) >= 11 is 0. The Kier molecular flexibility index (Phi) is 5.79. The summed E-state index contributed by atoms with van der Waals surface area (Å²) in [4.78, 5) is 19.1. The van der Waals surface area contributed by atoms with Crippen LogP contribution in [0.4, 0.5) is 5.82 Å². The first-order valence-corrected chi connectivity index (χ1v) is 8.15. The van der Waals surface area contributed by atoms with Gasteiger partial charge in [-0.25, -0.2) is 4.98 Å². The minimum absolute atomic E-state index is 0.0398. The third-order valence-electron chi connectivity index (χ3n) is 3.85. The molecule has 1 saturated heterocycles. The third kappa shape index (κ3) is 4.30. The molecule has 1 aromatic heterocycles. The Bertz CT molecular complexity index is 491. The van der Waals surface area contributed by atoms with Gasteiger partial charge in [-0.15, -0.1) is 0 Å². The van der Waals surface area contributed by atoms with Gasteiger partial charge in [0.15, 0.2) is 5.82 Å². The van der Waals surface area contributed by atoms with Crippen LogP contribution in [0, 0.1) is 5.92 Å². The topological polar surface area (TPSA) is 50.2 Å². The molecule has 1 aromatic rings. The van der Waals surface area contributed by atoms with E-state index in [1.807, 2.05) is 0 Å². The zero-order valence-corrected chi connectivity index (χ0v) is 13.5. The molecule has 1 aliphatic heterocycles. The van der Waals surface area contributed by atoms with Crippen LogP contribution in [0.2, 0.25) is 0 Å². The molecular weight excluding hydrogens is 264 g/mol. The number of rotatable bonds is 7. The van der Waals surface area contributed by atoms with Crippen LogP contribution in [0.5, 0.6) is 0 Å². The van der Waals surface area contributed by atoms with Crippen LogP contribution in [0.25, 0.3) is 0 Å². The lowest BCUT2D eigenvalue weighted by Crippen LogP contribution is -2.43. The average Bonchev–Trinajstić information content (AvgIpc) is 2.93. The normalized spacial score (nSPS) is 18.4. The molecule has 0 aromatic carbocycles. The molecule has 1 N–H and O–H groups in total. The second-order valence-corrected chi connectivity index (χ2v) is 6.34. The summed E-state index contributed by atoms with van der Waals surface area (Å²) in [5.41, 5.74) is 0.0398. The molecule has 2 heterocycles. The fourth-order valence-corrected chi connectivity index (χ4v) is 2.94. The van der Waals surface area contributed by atoms with Crippen molar-refractivity contribution in [3.8, 4) is 0 Å². The summed E-state index contributed by atoms with van der Waals surface area (Å²) < 4.78 is 1.78. The maximum Gasteiger partial charge on any atom is 0.293 e. The maximum atomic E-state index is 12.6. The molecule has 0 aliphatic carbocycles. The van der Waals surface area contributed by atoms with E-state index in [0.29, 0.717) is 17.8 Å². The Morgan fingerprint density at radius 3 is 2.95 bits per heavy atom. The number of nitrogens with zero attached hydrogens (tertiary/aromatic N) is 3. The van der Waals surface area contributed by atoms with E-state index in [9.17, 15) is 4.79 Å². The monoisotopic (exact) mass is 292 g/mol. The highest BCUT2D eigenvalue weighted by Crippen LogP contribution is 2.13. The van der Waals surface area contributed by atoms with E-state index in [1.54, 1.807) is 17.0 Å². The first-order chi connectivity index (χ1) is 10.1. The van der Waals surface area contributed by atoms with Gasteiger partial charge in [0.2, 0.25) is 0 Å². The Hall–Kier alpha value is -1.36. The van der Waals surface area contributed by atoms with Crippen LogP contribution in [-0.4, -0.2) is 35.2 Å². The van der Waals surface area contributed by atoms with Gasteiger partial charge in [0.05, 0.1) is 0 Å². The van der Waals surface area contributed by atoms with Gasteiger partial charge >= 0.3 is 0 Å². The molecule has 1 aliphatic rings. The number of hydrogen-bond acceptors (Lipinski definition) is 4. The lowest BCUT2D eigenvalue weighted by atomic mass is 10.1. The highest BCUT2D eigenvalue weighted by Gasteiger charge is 2.21. The largest absolute Gasteiger partial charge is 0.350 e. The quantitative estimate of drug-likeness (QED) is 0.833. The number of nitrogens with one attached hydrogen (secondary N) is 1.